The minimum Gasteiger partial charge on any atom is -0.444 e. The summed E-state index contributed by atoms with van der Waals surface area (Å²) in [6.07, 6.45) is -0.759. The van der Waals surface area contributed by atoms with Gasteiger partial charge in [0.1, 0.15) is 5.60 Å². The van der Waals surface area contributed by atoms with Crippen molar-refractivity contribution in [2.24, 2.45) is 0 Å². The lowest BCUT2D eigenvalue weighted by atomic mass is 9.94. The molecule has 0 atom stereocenters. The van der Waals surface area contributed by atoms with E-state index >= 15 is 0 Å². The van der Waals surface area contributed by atoms with Crippen molar-refractivity contribution in [3.8, 4) is 0 Å². The SMILES string of the molecule is CC(C)(C)OC(=O)N1CC(F)(C(O)(O)O)C1. The minimum atomic E-state index is -3.44. The summed E-state index contributed by atoms with van der Waals surface area (Å²) in [5.41, 5.74) is -3.33. The van der Waals surface area contributed by atoms with E-state index in [0.29, 0.717) is 0 Å². The summed E-state index contributed by atoms with van der Waals surface area (Å²) in [6.45, 7) is 3.72. The molecule has 0 saturated carbocycles. The fourth-order valence-corrected chi connectivity index (χ4v) is 1.23. The van der Waals surface area contributed by atoms with Crippen LogP contribution >= 0.6 is 0 Å². The van der Waals surface area contributed by atoms with E-state index in [1.54, 1.807) is 20.8 Å². The second kappa shape index (κ2) is 3.54. The van der Waals surface area contributed by atoms with E-state index < -0.39 is 36.4 Å². The molecule has 0 aromatic rings. The van der Waals surface area contributed by atoms with Crippen LogP contribution < -0.4 is 0 Å². The molecular weight excluding hydrogens is 221 g/mol. The normalized spacial score (nSPS) is 20.3. The Morgan fingerprint density at radius 1 is 1.31 bits per heavy atom. The van der Waals surface area contributed by atoms with E-state index in [4.69, 9.17) is 20.1 Å². The maximum atomic E-state index is 13.5. The van der Waals surface area contributed by atoms with Crippen LogP contribution in [0.3, 0.4) is 0 Å². The summed E-state index contributed by atoms with van der Waals surface area (Å²) >= 11 is 0. The summed E-state index contributed by atoms with van der Waals surface area (Å²) in [5.74, 6) is -3.44. The zero-order valence-corrected chi connectivity index (χ0v) is 9.40. The highest BCUT2D eigenvalue weighted by Crippen LogP contribution is 2.33. The fourth-order valence-electron chi connectivity index (χ4n) is 1.23. The molecule has 94 valence electrons. The van der Waals surface area contributed by atoms with Crippen molar-refractivity contribution in [2.45, 2.75) is 38.0 Å². The van der Waals surface area contributed by atoms with Gasteiger partial charge in [-0.15, -0.1) is 0 Å². The molecule has 0 aromatic heterocycles. The predicted octanol–water partition coefficient (Wildman–Crippen LogP) is -0.424. The topological polar surface area (TPSA) is 90.2 Å². The second-order valence-electron chi connectivity index (χ2n) is 4.94. The monoisotopic (exact) mass is 237 g/mol. The number of carbonyl (C=O) groups excluding carboxylic acids is 1. The predicted molar refractivity (Wildman–Crippen MR) is 51.0 cm³/mol. The molecule has 1 amide bonds. The van der Waals surface area contributed by atoms with Gasteiger partial charge in [0.25, 0.3) is 0 Å². The molecule has 0 radical (unpaired) electrons. The molecule has 0 spiro atoms. The van der Waals surface area contributed by atoms with Gasteiger partial charge < -0.3 is 25.0 Å². The smallest absolute Gasteiger partial charge is 0.410 e. The minimum absolute atomic E-state index is 0.620. The Morgan fingerprint density at radius 3 is 2.06 bits per heavy atom. The zero-order chi connectivity index (χ0) is 12.8. The van der Waals surface area contributed by atoms with Crippen LogP contribution in [0.15, 0.2) is 0 Å². The summed E-state index contributed by atoms with van der Waals surface area (Å²) in [5, 5.41) is 26.1. The van der Waals surface area contributed by atoms with Crippen molar-refractivity contribution in [3.63, 3.8) is 0 Å². The Bertz CT molecular complexity index is 287. The molecule has 1 aliphatic rings. The number of alkyl halides is 1. The number of rotatable bonds is 1. The first kappa shape index (κ1) is 13.1. The molecule has 6 nitrogen and oxygen atoms in total. The molecule has 0 unspecified atom stereocenters. The maximum Gasteiger partial charge on any atom is 0.410 e. The molecule has 1 fully saturated rings. The van der Waals surface area contributed by atoms with Crippen LogP contribution in [-0.4, -0.2) is 56.6 Å². The van der Waals surface area contributed by atoms with Crippen molar-refractivity contribution in [2.75, 3.05) is 13.1 Å². The number of ether oxygens (including phenoxy) is 1. The van der Waals surface area contributed by atoms with Gasteiger partial charge in [-0.3, -0.25) is 0 Å². The maximum absolute atomic E-state index is 13.5. The Morgan fingerprint density at radius 2 is 1.75 bits per heavy atom. The van der Waals surface area contributed by atoms with Gasteiger partial charge in [0.2, 0.25) is 5.67 Å². The highest BCUT2D eigenvalue weighted by atomic mass is 19.1. The van der Waals surface area contributed by atoms with E-state index in [2.05, 4.69) is 0 Å². The van der Waals surface area contributed by atoms with Gasteiger partial charge in [0.15, 0.2) is 0 Å². The number of nitrogens with zero attached hydrogens (tertiary/aromatic N) is 1. The molecule has 0 bridgehead atoms. The van der Waals surface area contributed by atoms with Gasteiger partial charge in [-0.25, -0.2) is 9.18 Å². The highest BCUT2D eigenvalue weighted by molar-refractivity contribution is 5.69. The molecule has 1 rings (SSSR count). The molecule has 1 saturated heterocycles. The summed E-state index contributed by atoms with van der Waals surface area (Å²) < 4.78 is 18.4. The first-order chi connectivity index (χ1) is 6.95. The molecule has 7 heteroatoms. The number of hydrogen-bond acceptors (Lipinski definition) is 5. The fraction of sp³-hybridized carbons (Fsp3) is 0.889. The van der Waals surface area contributed by atoms with Crippen LogP contribution in [0, 0.1) is 0 Å². The molecule has 1 heterocycles. The average Bonchev–Trinajstić information content (AvgIpc) is 1.92. The van der Waals surface area contributed by atoms with Gasteiger partial charge in [-0.05, 0) is 20.8 Å². The van der Waals surface area contributed by atoms with E-state index in [1.807, 2.05) is 0 Å². The molecule has 0 aromatic carbocycles. The number of halogens is 1. The Balaban J connectivity index is 2.51. The third-order valence-corrected chi connectivity index (χ3v) is 2.14. The standard InChI is InChI=1S/C9H16FNO5/c1-7(2,3)16-6(12)11-4-8(10,5-11)9(13,14)15/h13-15H,4-5H2,1-3H3. The largest absolute Gasteiger partial charge is 0.444 e. The quantitative estimate of drug-likeness (QED) is 0.539. The summed E-state index contributed by atoms with van der Waals surface area (Å²) in [6, 6.07) is 0. The summed E-state index contributed by atoms with van der Waals surface area (Å²) in [7, 11) is 0. The Labute approximate surface area is 92.2 Å². The van der Waals surface area contributed by atoms with Gasteiger partial charge in [0, 0.05) is 0 Å². The Kier molecular flexibility index (Phi) is 2.91. The van der Waals surface area contributed by atoms with Gasteiger partial charge in [-0.2, -0.15) is 0 Å². The zero-order valence-electron chi connectivity index (χ0n) is 9.40. The lowest BCUT2D eigenvalue weighted by Crippen LogP contribution is -2.71. The van der Waals surface area contributed by atoms with E-state index in [-0.39, 0.29) is 0 Å². The second-order valence-corrected chi connectivity index (χ2v) is 4.94. The third-order valence-electron chi connectivity index (χ3n) is 2.14. The van der Waals surface area contributed by atoms with E-state index in [0.717, 1.165) is 4.90 Å². The van der Waals surface area contributed by atoms with Crippen molar-refractivity contribution >= 4 is 6.09 Å². The number of hydrogen-bond donors (Lipinski definition) is 3. The van der Waals surface area contributed by atoms with Crippen LogP contribution in [0.4, 0.5) is 9.18 Å². The van der Waals surface area contributed by atoms with E-state index in [1.165, 1.54) is 0 Å². The summed E-state index contributed by atoms with van der Waals surface area (Å²) in [4.78, 5) is 12.3. The molecule has 0 aliphatic carbocycles. The van der Waals surface area contributed by atoms with Crippen LogP contribution in [0.5, 0.6) is 0 Å². The first-order valence-corrected chi connectivity index (χ1v) is 4.79. The number of aliphatic hydroxyl groups is 3. The molecule has 16 heavy (non-hydrogen) atoms. The van der Waals surface area contributed by atoms with Crippen LogP contribution in [0.25, 0.3) is 0 Å². The van der Waals surface area contributed by atoms with Gasteiger partial charge in [-0.1, -0.05) is 0 Å². The highest BCUT2D eigenvalue weighted by Gasteiger charge is 2.60. The van der Waals surface area contributed by atoms with Crippen molar-refractivity contribution in [1.29, 1.82) is 0 Å². The molecular formula is C9H16FNO5. The van der Waals surface area contributed by atoms with Crippen molar-refractivity contribution in [3.05, 3.63) is 0 Å². The lowest BCUT2D eigenvalue weighted by Gasteiger charge is -2.47. The average molecular weight is 237 g/mol. The Hall–Kier alpha value is -0.920. The lowest BCUT2D eigenvalue weighted by molar-refractivity contribution is -0.391. The van der Waals surface area contributed by atoms with Crippen LogP contribution in [0.2, 0.25) is 0 Å². The van der Waals surface area contributed by atoms with Gasteiger partial charge in [0.05, 0.1) is 13.1 Å². The number of amides is 1. The van der Waals surface area contributed by atoms with Gasteiger partial charge >= 0.3 is 12.1 Å². The van der Waals surface area contributed by atoms with Crippen LogP contribution in [0.1, 0.15) is 20.8 Å². The van der Waals surface area contributed by atoms with Crippen molar-refractivity contribution in [1.82, 2.24) is 4.90 Å². The first-order valence-electron chi connectivity index (χ1n) is 4.79. The molecule has 3 N–H and O–H groups in total. The number of carbonyl (C=O) groups is 1. The van der Waals surface area contributed by atoms with Crippen LogP contribution in [-0.2, 0) is 4.74 Å². The van der Waals surface area contributed by atoms with E-state index in [9.17, 15) is 9.18 Å². The van der Waals surface area contributed by atoms with Crippen molar-refractivity contribution < 1.29 is 29.2 Å². The molecule has 1 aliphatic heterocycles. The number of likely N-dealkylation sites (tertiary alicyclic amines) is 1. The third kappa shape index (κ3) is 2.60.